The third-order valence-corrected chi connectivity index (χ3v) is 8.13. The molecule has 0 aliphatic carbocycles. The van der Waals surface area contributed by atoms with Crippen LogP contribution in [0.4, 0.5) is 0 Å². The Labute approximate surface area is 215 Å². The van der Waals surface area contributed by atoms with Gasteiger partial charge in [0.15, 0.2) is 5.76 Å². The number of aromatic amines is 1. The van der Waals surface area contributed by atoms with Gasteiger partial charge in [0.25, 0.3) is 5.91 Å². The van der Waals surface area contributed by atoms with Crippen LogP contribution in [0.2, 0.25) is 0 Å². The number of H-pyrrole nitrogens is 1. The molecule has 1 saturated heterocycles. The van der Waals surface area contributed by atoms with Crippen LogP contribution >= 0.6 is 0 Å². The first-order valence-electron chi connectivity index (χ1n) is 12.8. The van der Waals surface area contributed by atoms with E-state index in [0.29, 0.717) is 13.0 Å². The van der Waals surface area contributed by atoms with Crippen LogP contribution in [-0.2, 0) is 11.2 Å². The molecule has 0 spiro atoms. The molecule has 6 rings (SSSR count). The lowest BCUT2D eigenvalue weighted by atomic mass is 9.79. The van der Waals surface area contributed by atoms with Crippen molar-refractivity contribution in [3.63, 3.8) is 0 Å². The molecule has 0 saturated carbocycles. The van der Waals surface area contributed by atoms with Gasteiger partial charge >= 0.3 is 0 Å². The van der Waals surface area contributed by atoms with E-state index in [1.54, 1.807) is 31.0 Å². The molecule has 7 nitrogen and oxygen atoms in total. The van der Waals surface area contributed by atoms with Gasteiger partial charge < -0.3 is 24.3 Å². The fourth-order valence-corrected chi connectivity index (χ4v) is 6.34. The number of fused-ring (bicyclic) bond motifs is 5. The summed E-state index contributed by atoms with van der Waals surface area (Å²) in [5.41, 5.74) is 6.81. The highest BCUT2D eigenvalue weighted by Crippen LogP contribution is 2.44. The van der Waals surface area contributed by atoms with Crippen LogP contribution in [0.15, 0.2) is 65.3 Å². The average Bonchev–Trinajstić information content (AvgIpc) is 3.56. The van der Waals surface area contributed by atoms with Gasteiger partial charge in [0.1, 0.15) is 0 Å². The monoisotopic (exact) mass is 497 g/mol. The van der Waals surface area contributed by atoms with Crippen molar-refractivity contribution in [2.75, 3.05) is 13.6 Å². The second-order valence-corrected chi connectivity index (χ2v) is 10.4. The molecule has 4 atom stereocenters. The summed E-state index contributed by atoms with van der Waals surface area (Å²) < 4.78 is 5.34. The first-order chi connectivity index (χ1) is 17.8. The highest BCUT2D eigenvalue weighted by molar-refractivity contribution is 5.98. The van der Waals surface area contributed by atoms with Gasteiger partial charge in [0.2, 0.25) is 5.91 Å². The molecule has 0 bridgehead atoms. The SMILES string of the molecule is Cc1cccc(-c2cccc3c4c([nH]c23)[C@@H]2C[C@H](N(C)C(=O)c3ccco3)[C@H]([C@H](C)O)C(=O)N2CC4)c1. The Hall–Kier alpha value is -3.84. The maximum absolute atomic E-state index is 13.8. The Kier molecular flexibility index (Phi) is 5.68. The van der Waals surface area contributed by atoms with Crippen molar-refractivity contribution in [2.24, 2.45) is 5.92 Å². The Morgan fingerprint density at radius 3 is 2.73 bits per heavy atom. The lowest BCUT2D eigenvalue weighted by molar-refractivity contribution is -0.151. The van der Waals surface area contributed by atoms with Gasteiger partial charge in [-0.2, -0.15) is 0 Å². The fourth-order valence-electron chi connectivity index (χ4n) is 6.34. The minimum Gasteiger partial charge on any atom is -0.459 e. The Morgan fingerprint density at radius 1 is 1.19 bits per heavy atom. The normalized spacial score (nSPS) is 22.0. The molecular weight excluding hydrogens is 466 g/mol. The first kappa shape index (κ1) is 23.6. The van der Waals surface area contributed by atoms with E-state index in [4.69, 9.17) is 4.42 Å². The molecule has 37 heavy (non-hydrogen) atoms. The summed E-state index contributed by atoms with van der Waals surface area (Å²) in [6, 6.07) is 17.4. The van der Waals surface area contributed by atoms with Crippen LogP contribution in [0.25, 0.3) is 22.0 Å². The molecular formula is C30H31N3O4. The number of piperidine rings is 1. The van der Waals surface area contributed by atoms with Crippen molar-refractivity contribution in [2.45, 2.75) is 44.9 Å². The molecule has 2 amide bonds. The van der Waals surface area contributed by atoms with E-state index >= 15 is 0 Å². The van der Waals surface area contributed by atoms with E-state index in [0.717, 1.165) is 28.8 Å². The highest BCUT2D eigenvalue weighted by Gasteiger charge is 2.49. The van der Waals surface area contributed by atoms with E-state index in [-0.39, 0.29) is 23.6 Å². The summed E-state index contributed by atoms with van der Waals surface area (Å²) in [6.07, 6.45) is 1.85. The number of nitrogens with zero attached hydrogens (tertiary/aromatic N) is 2. The molecule has 2 aromatic heterocycles. The van der Waals surface area contributed by atoms with E-state index < -0.39 is 18.1 Å². The number of nitrogens with one attached hydrogen (secondary N) is 1. The Bertz CT molecular complexity index is 1490. The van der Waals surface area contributed by atoms with Crippen molar-refractivity contribution in [3.8, 4) is 11.1 Å². The summed E-state index contributed by atoms with van der Waals surface area (Å²) in [7, 11) is 1.69. The van der Waals surface area contributed by atoms with E-state index in [1.807, 2.05) is 4.90 Å². The number of rotatable bonds is 4. The Morgan fingerprint density at radius 2 is 2.00 bits per heavy atom. The van der Waals surface area contributed by atoms with Gasteiger partial charge in [-0.3, -0.25) is 9.59 Å². The van der Waals surface area contributed by atoms with E-state index in [9.17, 15) is 14.7 Å². The van der Waals surface area contributed by atoms with Crippen molar-refractivity contribution < 1.29 is 19.1 Å². The molecule has 4 aromatic rings. The molecule has 0 unspecified atom stereocenters. The molecule has 2 aromatic carbocycles. The van der Waals surface area contributed by atoms with Gasteiger partial charge in [-0.1, -0.05) is 48.0 Å². The maximum atomic E-state index is 13.8. The van der Waals surface area contributed by atoms with E-state index in [2.05, 4.69) is 54.4 Å². The number of aromatic nitrogens is 1. The number of hydrogen-bond acceptors (Lipinski definition) is 4. The number of carbonyl (C=O) groups excluding carboxylic acids is 2. The zero-order valence-corrected chi connectivity index (χ0v) is 21.3. The number of para-hydroxylation sites is 1. The molecule has 190 valence electrons. The first-order valence-corrected chi connectivity index (χ1v) is 12.8. The predicted molar refractivity (Wildman–Crippen MR) is 141 cm³/mol. The zero-order chi connectivity index (χ0) is 25.8. The molecule has 4 heterocycles. The number of furan rings is 1. The van der Waals surface area contributed by atoms with Crippen molar-refractivity contribution >= 4 is 22.7 Å². The molecule has 2 aliphatic rings. The van der Waals surface area contributed by atoms with Gasteiger partial charge in [0, 0.05) is 36.3 Å². The summed E-state index contributed by atoms with van der Waals surface area (Å²) >= 11 is 0. The summed E-state index contributed by atoms with van der Waals surface area (Å²) in [4.78, 5) is 34.1. The van der Waals surface area contributed by atoms with Crippen LogP contribution in [0.3, 0.4) is 0 Å². The minimum atomic E-state index is -0.887. The topological polar surface area (TPSA) is 89.8 Å². The van der Waals surface area contributed by atoms with Crippen LogP contribution in [0.1, 0.15) is 46.8 Å². The molecule has 0 radical (unpaired) electrons. The van der Waals surface area contributed by atoms with Crippen molar-refractivity contribution in [1.82, 2.24) is 14.8 Å². The summed E-state index contributed by atoms with van der Waals surface area (Å²) in [5.74, 6) is -0.886. The quantitative estimate of drug-likeness (QED) is 0.428. The van der Waals surface area contributed by atoms with Crippen LogP contribution < -0.4 is 0 Å². The van der Waals surface area contributed by atoms with Crippen LogP contribution in [0, 0.1) is 12.8 Å². The lowest BCUT2D eigenvalue weighted by Gasteiger charge is -2.48. The number of aliphatic hydroxyl groups excluding tert-OH is 1. The fraction of sp³-hybridized carbons (Fsp3) is 0.333. The number of aliphatic hydroxyl groups is 1. The zero-order valence-electron chi connectivity index (χ0n) is 21.3. The lowest BCUT2D eigenvalue weighted by Crippen LogP contribution is -2.59. The van der Waals surface area contributed by atoms with Gasteiger partial charge in [-0.25, -0.2) is 0 Å². The van der Waals surface area contributed by atoms with Gasteiger partial charge in [-0.05, 0) is 49.9 Å². The second-order valence-electron chi connectivity index (χ2n) is 10.4. The third-order valence-electron chi connectivity index (χ3n) is 8.13. The number of benzene rings is 2. The maximum Gasteiger partial charge on any atom is 0.289 e. The number of aryl methyl sites for hydroxylation is 1. The van der Waals surface area contributed by atoms with Crippen LogP contribution in [-0.4, -0.2) is 57.4 Å². The Balaban J connectivity index is 1.43. The summed E-state index contributed by atoms with van der Waals surface area (Å²) in [5, 5.41) is 11.8. The summed E-state index contributed by atoms with van der Waals surface area (Å²) in [6.45, 7) is 4.31. The average molecular weight is 498 g/mol. The number of hydrogen-bond donors (Lipinski definition) is 2. The van der Waals surface area contributed by atoms with Gasteiger partial charge in [-0.15, -0.1) is 0 Å². The van der Waals surface area contributed by atoms with E-state index in [1.165, 1.54) is 22.8 Å². The number of carbonyl (C=O) groups is 2. The second kappa shape index (κ2) is 8.92. The minimum absolute atomic E-state index is 0.112. The van der Waals surface area contributed by atoms with Crippen molar-refractivity contribution in [3.05, 3.63) is 83.4 Å². The smallest absolute Gasteiger partial charge is 0.289 e. The molecule has 1 fully saturated rings. The third kappa shape index (κ3) is 3.76. The predicted octanol–water partition coefficient (Wildman–Crippen LogP) is 4.70. The molecule has 2 aliphatic heterocycles. The molecule has 7 heteroatoms. The largest absolute Gasteiger partial charge is 0.459 e. The standard InChI is InChI=1S/C30H31N3O4/c1-17-7-4-8-19(15-17)20-9-5-10-21-22-12-13-33-24(28(22)31-27(20)21)16-23(26(18(2)34)30(33)36)32(3)29(35)25-11-6-14-37-25/h4-11,14-15,18,23-24,26,31,34H,12-13,16H2,1-3H3/t18-,23-,24-,26-/m0/s1. The molecule has 2 N–H and O–H groups in total. The van der Waals surface area contributed by atoms with Crippen molar-refractivity contribution in [1.29, 1.82) is 0 Å². The van der Waals surface area contributed by atoms with Gasteiger partial charge in [0.05, 0.1) is 29.8 Å². The van der Waals surface area contributed by atoms with Crippen LogP contribution in [0.5, 0.6) is 0 Å². The number of amides is 2. The highest BCUT2D eigenvalue weighted by atomic mass is 16.3.